The minimum absolute atomic E-state index is 0.740. The first-order chi connectivity index (χ1) is 6.74. The van der Waals surface area contributed by atoms with Crippen molar-refractivity contribution < 1.29 is 4.74 Å². The van der Waals surface area contributed by atoms with Crippen molar-refractivity contribution in [2.24, 2.45) is 0 Å². The highest BCUT2D eigenvalue weighted by atomic mass is 127. The van der Waals surface area contributed by atoms with Gasteiger partial charge in [0.15, 0.2) is 0 Å². The molecule has 0 atom stereocenters. The summed E-state index contributed by atoms with van der Waals surface area (Å²) in [6, 6.07) is 0. The summed E-state index contributed by atoms with van der Waals surface area (Å²) in [4.78, 5) is 0. The minimum atomic E-state index is 0.740. The van der Waals surface area contributed by atoms with Crippen LogP contribution in [0.3, 0.4) is 0 Å². The first kappa shape index (κ1) is 12.4. The Morgan fingerprint density at radius 2 is 2.36 bits per heavy atom. The molecule has 0 aliphatic carbocycles. The molecular formula is C9H14BrIN2O. The zero-order valence-electron chi connectivity index (χ0n) is 8.17. The lowest BCUT2D eigenvalue weighted by atomic mass is 10.4. The van der Waals surface area contributed by atoms with Crippen molar-refractivity contribution in [2.45, 2.75) is 26.3 Å². The third-order valence-electron chi connectivity index (χ3n) is 1.78. The molecule has 0 aromatic carbocycles. The summed E-state index contributed by atoms with van der Waals surface area (Å²) in [5, 5.41) is 4.30. The lowest BCUT2D eigenvalue weighted by molar-refractivity contribution is 0.121. The SMILES string of the molecule is CCCCOCCn1cc(Br)c(I)n1. The number of unbranched alkanes of at least 4 members (excludes halogenated alkanes) is 1. The van der Waals surface area contributed by atoms with E-state index in [4.69, 9.17) is 4.74 Å². The van der Waals surface area contributed by atoms with Gasteiger partial charge >= 0.3 is 0 Å². The number of ether oxygens (including phenoxy) is 1. The Hall–Kier alpha value is 0.380. The van der Waals surface area contributed by atoms with Crippen LogP contribution in [0.25, 0.3) is 0 Å². The molecule has 0 aliphatic rings. The van der Waals surface area contributed by atoms with Gasteiger partial charge in [0.05, 0.1) is 17.6 Å². The van der Waals surface area contributed by atoms with Gasteiger partial charge < -0.3 is 4.74 Å². The third-order valence-corrected chi connectivity index (χ3v) is 3.90. The van der Waals surface area contributed by atoms with Gasteiger partial charge in [0.25, 0.3) is 0 Å². The van der Waals surface area contributed by atoms with Gasteiger partial charge in [-0.25, -0.2) is 0 Å². The summed E-state index contributed by atoms with van der Waals surface area (Å²) >= 11 is 5.62. The number of rotatable bonds is 6. The van der Waals surface area contributed by atoms with Crippen LogP contribution >= 0.6 is 38.5 Å². The summed E-state index contributed by atoms with van der Waals surface area (Å²) in [6.07, 6.45) is 4.30. The van der Waals surface area contributed by atoms with Crippen LogP contribution in [-0.4, -0.2) is 23.0 Å². The molecule has 1 heterocycles. The zero-order valence-corrected chi connectivity index (χ0v) is 11.9. The molecule has 5 heteroatoms. The predicted molar refractivity (Wildman–Crippen MR) is 68.4 cm³/mol. The van der Waals surface area contributed by atoms with E-state index in [0.29, 0.717) is 0 Å². The van der Waals surface area contributed by atoms with E-state index in [2.05, 4.69) is 50.5 Å². The Balaban J connectivity index is 2.18. The Morgan fingerprint density at radius 1 is 1.57 bits per heavy atom. The molecule has 1 rings (SSSR count). The third kappa shape index (κ3) is 4.27. The molecule has 0 radical (unpaired) electrons. The van der Waals surface area contributed by atoms with Gasteiger partial charge in [-0.1, -0.05) is 13.3 Å². The molecule has 0 fully saturated rings. The van der Waals surface area contributed by atoms with Gasteiger partial charge in [-0.15, -0.1) is 0 Å². The molecule has 1 aromatic rings. The van der Waals surface area contributed by atoms with Crippen LogP contribution in [0.2, 0.25) is 0 Å². The highest BCUT2D eigenvalue weighted by molar-refractivity contribution is 14.1. The van der Waals surface area contributed by atoms with Crippen molar-refractivity contribution in [1.82, 2.24) is 9.78 Å². The lowest BCUT2D eigenvalue weighted by Crippen LogP contribution is -2.07. The molecule has 0 amide bonds. The molecule has 0 saturated heterocycles. The van der Waals surface area contributed by atoms with E-state index >= 15 is 0 Å². The van der Waals surface area contributed by atoms with Crippen molar-refractivity contribution in [3.63, 3.8) is 0 Å². The predicted octanol–water partition coefficient (Wildman–Crippen LogP) is 3.07. The average Bonchev–Trinajstić information content (AvgIpc) is 2.46. The van der Waals surface area contributed by atoms with E-state index in [9.17, 15) is 0 Å². The lowest BCUT2D eigenvalue weighted by Gasteiger charge is -2.02. The van der Waals surface area contributed by atoms with Crippen molar-refractivity contribution in [3.05, 3.63) is 14.4 Å². The van der Waals surface area contributed by atoms with Gasteiger partial charge in [0, 0.05) is 12.8 Å². The fourth-order valence-electron chi connectivity index (χ4n) is 0.995. The molecular weight excluding hydrogens is 359 g/mol. The summed E-state index contributed by atoms with van der Waals surface area (Å²) in [6.45, 7) is 4.59. The number of halogens is 2. The maximum atomic E-state index is 5.45. The minimum Gasteiger partial charge on any atom is -0.380 e. The van der Waals surface area contributed by atoms with Gasteiger partial charge in [0.1, 0.15) is 3.70 Å². The maximum absolute atomic E-state index is 5.45. The molecule has 3 nitrogen and oxygen atoms in total. The number of nitrogens with zero attached hydrogens (tertiary/aromatic N) is 2. The number of aromatic nitrogens is 2. The van der Waals surface area contributed by atoms with Gasteiger partial charge in [-0.3, -0.25) is 4.68 Å². The first-order valence-electron chi connectivity index (χ1n) is 4.70. The number of hydrogen-bond acceptors (Lipinski definition) is 2. The molecule has 0 unspecified atom stereocenters. The average molecular weight is 373 g/mol. The van der Waals surface area contributed by atoms with Gasteiger partial charge in [-0.05, 0) is 44.9 Å². The van der Waals surface area contributed by atoms with Crippen LogP contribution < -0.4 is 0 Å². The van der Waals surface area contributed by atoms with E-state index in [1.54, 1.807) is 0 Å². The van der Waals surface area contributed by atoms with Crippen molar-refractivity contribution in [3.8, 4) is 0 Å². The maximum Gasteiger partial charge on any atom is 0.137 e. The molecule has 0 spiro atoms. The highest BCUT2D eigenvalue weighted by Gasteiger charge is 2.01. The topological polar surface area (TPSA) is 27.1 Å². The number of hydrogen-bond donors (Lipinski definition) is 0. The van der Waals surface area contributed by atoms with Gasteiger partial charge in [0.2, 0.25) is 0 Å². The second kappa shape index (κ2) is 6.79. The van der Waals surface area contributed by atoms with E-state index in [1.807, 2.05) is 10.9 Å². The largest absolute Gasteiger partial charge is 0.380 e. The Kier molecular flexibility index (Phi) is 6.04. The molecule has 14 heavy (non-hydrogen) atoms. The van der Waals surface area contributed by atoms with Crippen molar-refractivity contribution in [1.29, 1.82) is 0 Å². The standard InChI is InChI=1S/C9H14BrIN2O/c1-2-3-5-14-6-4-13-7-8(10)9(11)12-13/h7H,2-6H2,1H3. The van der Waals surface area contributed by atoms with E-state index in [-0.39, 0.29) is 0 Å². The zero-order chi connectivity index (χ0) is 10.4. The molecule has 0 N–H and O–H groups in total. The van der Waals surface area contributed by atoms with Crippen molar-refractivity contribution >= 4 is 38.5 Å². The van der Waals surface area contributed by atoms with Crippen LogP contribution in [0.1, 0.15) is 19.8 Å². The summed E-state index contributed by atoms with van der Waals surface area (Å²) in [5.74, 6) is 0. The van der Waals surface area contributed by atoms with Crippen LogP contribution in [0.4, 0.5) is 0 Å². The van der Waals surface area contributed by atoms with Crippen LogP contribution in [-0.2, 0) is 11.3 Å². The Bertz CT molecular complexity index is 258. The fourth-order valence-corrected chi connectivity index (χ4v) is 1.73. The van der Waals surface area contributed by atoms with Crippen LogP contribution in [0.5, 0.6) is 0 Å². The molecule has 0 saturated carbocycles. The summed E-state index contributed by atoms with van der Waals surface area (Å²) in [7, 11) is 0. The summed E-state index contributed by atoms with van der Waals surface area (Å²) < 4.78 is 9.39. The smallest absolute Gasteiger partial charge is 0.137 e. The highest BCUT2D eigenvalue weighted by Crippen LogP contribution is 2.16. The molecule has 0 aliphatic heterocycles. The Morgan fingerprint density at radius 3 is 2.93 bits per heavy atom. The fraction of sp³-hybridized carbons (Fsp3) is 0.667. The summed E-state index contributed by atoms with van der Waals surface area (Å²) in [5.41, 5.74) is 0. The van der Waals surface area contributed by atoms with Crippen LogP contribution in [0.15, 0.2) is 10.7 Å². The quantitative estimate of drug-likeness (QED) is 0.566. The monoisotopic (exact) mass is 372 g/mol. The molecule has 1 aromatic heterocycles. The van der Waals surface area contributed by atoms with E-state index in [1.165, 1.54) is 6.42 Å². The second-order valence-electron chi connectivity index (χ2n) is 3.00. The van der Waals surface area contributed by atoms with Crippen molar-refractivity contribution in [2.75, 3.05) is 13.2 Å². The Labute approximate surface area is 106 Å². The van der Waals surface area contributed by atoms with Gasteiger partial charge in [-0.2, -0.15) is 5.10 Å². The first-order valence-corrected chi connectivity index (χ1v) is 6.57. The molecule has 80 valence electrons. The van der Waals surface area contributed by atoms with E-state index in [0.717, 1.165) is 34.4 Å². The second-order valence-corrected chi connectivity index (χ2v) is 4.87. The van der Waals surface area contributed by atoms with E-state index < -0.39 is 0 Å². The molecule has 0 bridgehead atoms. The normalized spacial score (nSPS) is 10.8. The van der Waals surface area contributed by atoms with Crippen LogP contribution in [0, 0.1) is 3.70 Å².